The predicted molar refractivity (Wildman–Crippen MR) is 74.3 cm³/mol. The number of amides is 1. The van der Waals surface area contributed by atoms with Gasteiger partial charge < -0.3 is 5.11 Å². The normalized spacial score (nSPS) is 11.2. The molecular weight excluding hydrogens is 319 g/mol. The van der Waals surface area contributed by atoms with Crippen molar-refractivity contribution in [2.45, 2.75) is 0 Å². The average molecular weight is 330 g/mol. The van der Waals surface area contributed by atoms with Gasteiger partial charge in [-0.3, -0.25) is 10.0 Å². The second kappa shape index (κ2) is 5.55. The lowest BCUT2D eigenvalue weighted by atomic mass is 10.2. The van der Waals surface area contributed by atoms with Gasteiger partial charge in [-0.2, -0.15) is 0 Å². The minimum Gasteiger partial charge on any atom is -0.465 e. The van der Waals surface area contributed by atoms with Crippen LogP contribution in [-0.2, 0) is 17.1 Å². The van der Waals surface area contributed by atoms with E-state index in [1.807, 2.05) is 5.32 Å². The summed E-state index contributed by atoms with van der Waals surface area (Å²) in [6, 6.07) is 0.905. The summed E-state index contributed by atoms with van der Waals surface area (Å²) in [6.45, 7) is 0. The molecule has 0 aromatic carbocycles. The minimum absolute atomic E-state index is 0.0669. The van der Waals surface area contributed by atoms with Gasteiger partial charge in [-0.15, -0.1) is 5.10 Å². The number of nitrogens with zero attached hydrogens (tertiary/aromatic N) is 4. The largest absolute Gasteiger partial charge is 0.465 e. The van der Waals surface area contributed by atoms with Crippen molar-refractivity contribution in [2.24, 2.45) is 7.05 Å². The molecule has 118 valence electrons. The molecule has 0 saturated heterocycles. The van der Waals surface area contributed by atoms with Crippen molar-refractivity contribution in [3.05, 3.63) is 18.1 Å². The van der Waals surface area contributed by atoms with Crippen LogP contribution in [0.25, 0.3) is 11.4 Å². The van der Waals surface area contributed by atoms with Gasteiger partial charge in [0.25, 0.3) is 0 Å². The number of hydrogen-bond donors (Lipinski definition) is 3. The summed E-state index contributed by atoms with van der Waals surface area (Å²) in [4.78, 5) is 14.5. The molecule has 12 heteroatoms. The molecule has 0 aliphatic carbocycles. The smallest absolute Gasteiger partial charge is 0.410 e. The zero-order chi connectivity index (χ0) is 16.5. The standard InChI is InChI=1S/C10H11FN6O4S/c1-17-9(13-10(18)19)8(14-16-17)7-6(11)3-5(4-12-7)15-22(2,20)21/h3-4,13,15H,1-2H3,(H,18,19). The van der Waals surface area contributed by atoms with Crippen LogP contribution in [0.2, 0.25) is 0 Å². The Bertz CT molecular complexity index is 834. The molecule has 2 rings (SSSR count). The quantitative estimate of drug-likeness (QED) is 0.740. The first-order chi connectivity index (χ1) is 10.2. The monoisotopic (exact) mass is 330 g/mol. The third kappa shape index (κ3) is 3.46. The lowest BCUT2D eigenvalue weighted by molar-refractivity contribution is 0.209. The van der Waals surface area contributed by atoms with E-state index in [1.165, 1.54) is 7.05 Å². The number of aryl methyl sites for hydroxylation is 1. The Balaban J connectivity index is 2.44. The second-order valence-corrected chi connectivity index (χ2v) is 6.02. The van der Waals surface area contributed by atoms with E-state index in [0.717, 1.165) is 23.2 Å². The number of rotatable bonds is 4. The molecule has 0 aliphatic heterocycles. The molecule has 3 N–H and O–H groups in total. The Morgan fingerprint density at radius 3 is 2.64 bits per heavy atom. The lowest BCUT2D eigenvalue weighted by Crippen LogP contribution is -2.12. The molecule has 0 unspecified atom stereocenters. The molecular formula is C10H11FN6O4S. The molecule has 22 heavy (non-hydrogen) atoms. The van der Waals surface area contributed by atoms with Crippen LogP contribution in [0.1, 0.15) is 0 Å². The Morgan fingerprint density at radius 2 is 2.09 bits per heavy atom. The van der Waals surface area contributed by atoms with E-state index < -0.39 is 21.9 Å². The highest BCUT2D eigenvalue weighted by molar-refractivity contribution is 7.92. The van der Waals surface area contributed by atoms with Gasteiger partial charge in [0.05, 0.1) is 18.1 Å². The molecule has 2 heterocycles. The summed E-state index contributed by atoms with van der Waals surface area (Å²) < 4.78 is 39.4. The zero-order valence-electron chi connectivity index (χ0n) is 11.4. The SMILES string of the molecule is Cn1nnc(-c2ncc(NS(C)(=O)=O)cc2F)c1NC(=O)O. The van der Waals surface area contributed by atoms with Gasteiger partial charge in [0.1, 0.15) is 5.69 Å². The van der Waals surface area contributed by atoms with Crippen LogP contribution in [0.15, 0.2) is 12.3 Å². The van der Waals surface area contributed by atoms with Gasteiger partial charge >= 0.3 is 6.09 Å². The number of carbonyl (C=O) groups is 1. The van der Waals surface area contributed by atoms with E-state index in [2.05, 4.69) is 20.0 Å². The topological polar surface area (TPSA) is 139 Å². The van der Waals surface area contributed by atoms with Crippen molar-refractivity contribution >= 4 is 27.6 Å². The van der Waals surface area contributed by atoms with Crippen LogP contribution in [0.3, 0.4) is 0 Å². The van der Waals surface area contributed by atoms with Crippen molar-refractivity contribution in [2.75, 3.05) is 16.3 Å². The fourth-order valence-corrected chi connectivity index (χ4v) is 2.18. The maximum absolute atomic E-state index is 14.1. The average Bonchev–Trinajstić information content (AvgIpc) is 2.69. The van der Waals surface area contributed by atoms with E-state index in [4.69, 9.17) is 5.11 Å². The zero-order valence-corrected chi connectivity index (χ0v) is 12.2. The fourth-order valence-electron chi connectivity index (χ4n) is 1.64. The predicted octanol–water partition coefficient (Wildman–Crippen LogP) is 0.478. The number of anilines is 2. The Hall–Kier alpha value is -2.76. The summed E-state index contributed by atoms with van der Waals surface area (Å²) in [6.07, 6.45) is 0.622. The maximum atomic E-state index is 14.1. The van der Waals surface area contributed by atoms with E-state index >= 15 is 0 Å². The van der Waals surface area contributed by atoms with Gasteiger partial charge in [-0.1, -0.05) is 5.21 Å². The van der Waals surface area contributed by atoms with Crippen LogP contribution < -0.4 is 10.0 Å². The Morgan fingerprint density at radius 1 is 1.41 bits per heavy atom. The number of halogens is 1. The molecule has 2 aromatic heterocycles. The molecule has 0 aliphatic rings. The van der Waals surface area contributed by atoms with Crippen molar-refractivity contribution in [3.8, 4) is 11.4 Å². The molecule has 10 nitrogen and oxygen atoms in total. The molecule has 0 radical (unpaired) electrons. The molecule has 0 bridgehead atoms. The molecule has 1 amide bonds. The highest BCUT2D eigenvalue weighted by Crippen LogP contribution is 2.27. The summed E-state index contributed by atoms with van der Waals surface area (Å²) in [7, 11) is -2.15. The summed E-state index contributed by atoms with van der Waals surface area (Å²) >= 11 is 0. The molecule has 2 aromatic rings. The van der Waals surface area contributed by atoms with Crippen molar-refractivity contribution in [3.63, 3.8) is 0 Å². The van der Waals surface area contributed by atoms with Crippen LogP contribution in [-0.4, -0.2) is 45.9 Å². The van der Waals surface area contributed by atoms with Gasteiger partial charge in [0, 0.05) is 13.1 Å². The van der Waals surface area contributed by atoms with Crippen LogP contribution in [0, 0.1) is 5.82 Å². The second-order valence-electron chi connectivity index (χ2n) is 4.27. The van der Waals surface area contributed by atoms with E-state index in [9.17, 15) is 17.6 Å². The Kier molecular flexibility index (Phi) is 3.95. The lowest BCUT2D eigenvalue weighted by Gasteiger charge is -2.07. The first-order valence-corrected chi connectivity index (χ1v) is 7.60. The van der Waals surface area contributed by atoms with Gasteiger partial charge in [-0.25, -0.2) is 27.3 Å². The Labute approximate surface area is 124 Å². The van der Waals surface area contributed by atoms with Crippen molar-refractivity contribution in [1.29, 1.82) is 0 Å². The molecule has 0 atom stereocenters. The molecule has 0 spiro atoms. The van der Waals surface area contributed by atoms with E-state index in [-0.39, 0.29) is 22.9 Å². The number of aromatic nitrogens is 4. The van der Waals surface area contributed by atoms with E-state index in [1.54, 1.807) is 0 Å². The fraction of sp³-hybridized carbons (Fsp3) is 0.200. The number of hydrogen-bond acceptors (Lipinski definition) is 6. The minimum atomic E-state index is -3.57. The van der Waals surface area contributed by atoms with Gasteiger partial charge in [0.15, 0.2) is 17.3 Å². The highest BCUT2D eigenvalue weighted by Gasteiger charge is 2.20. The van der Waals surface area contributed by atoms with Gasteiger partial charge in [0.2, 0.25) is 10.0 Å². The maximum Gasteiger partial charge on any atom is 0.410 e. The molecule has 0 fully saturated rings. The van der Waals surface area contributed by atoms with Crippen LogP contribution in [0.4, 0.5) is 20.7 Å². The third-order valence-electron chi connectivity index (χ3n) is 2.42. The number of pyridine rings is 1. The third-order valence-corrected chi connectivity index (χ3v) is 3.03. The first kappa shape index (κ1) is 15.6. The van der Waals surface area contributed by atoms with E-state index in [0.29, 0.717) is 0 Å². The first-order valence-electron chi connectivity index (χ1n) is 5.70. The summed E-state index contributed by atoms with van der Waals surface area (Å²) in [5, 5.41) is 18.0. The molecule has 0 saturated carbocycles. The van der Waals surface area contributed by atoms with Crippen molar-refractivity contribution in [1.82, 2.24) is 20.0 Å². The van der Waals surface area contributed by atoms with Crippen LogP contribution in [0.5, 0.6) is 0 Å². The number of carboxylic acid groups (broad SMARTS) is 1. The number of nitrogens with one attached hydrogen (secondary N) is 2. The number of sulfonamides is 1. The summed E-state index contributed by atoms with van der Waals surface area (Å²) in [5.41, 5.74) is -0.454. The summed E-state index contributed by atoms with van der Waals surface area (Å²) in [5.74, 6) is -0.953. The van der Waals surface area contributed by atoms with Crippen molar-refractivity contribution < 1.29 is 22.7 Å². The highest BCUT2D eigenvalue weighted by atomic mass is 32.2. The van der Waals surface area contributed by atoms with Crippen LogP contribution >= 0.6 is 0 Å². The van der Waals surface area contributed by atoms with Gasteiger partial charge in [-0.05, 0) is 0 Å².